The summed E-state index contributed by atoms with van der Waals surface area (Å²) in [6, 6.07) is 0. The molecule has 0 aromatic rings. The highest BCUT2D eigenvalue weighted by atomic mass is 16.5. The van der Waals surface area contributed by atoms with Crippen LogP contribution in [0.4, 0.5) is 0 Å². The van der Waals surface area contributed by atoms with Crippen molar-refractivity contribution in [2.75, 3.05) is 13.2 Å². The van der Waals surface area contributed by atoms with Gasteiger partial charge in [0.25, 0.3) is 0 Å². The molecule has 1 amide bonds. The van der Waals surface area contributed by atoms with Gasteiger partial charge in [0, 0.05) is 18.8 Å². The summed E-state index contributed by atoms with van der Waals surface area (Å²) >= 11 is 0. The lowest BCUT2D eigenvalue weighted by Crippen LogP contribution is -2.11. The van der Waals surface area contributed by atoms with Crippen molar-refractivity contribution in [2.45, 2.75) is 123 Å². The molecule has 0 aliphatic heterocycles. The van der Waals surface area contributed by atoms with Crippen molar-refractivity contribution in [3.05, 3.63) is 23.8 Å². The third-order valence-corrected chi connectivity index (χ3v) is 5.38. The van der Waals surface area contributed by atoms with E-state index in [2.05, 4.69) is 19.1 Å². The second kappa shape index (κ2) is 23.2. The lowest BCUT2D eigenvalue weighted by molar-refractivity contribution is -0.114. The third-order valence-electron chi connectivity index (χ3n) is 5.38. The van der Waals surface area contributed by atoms with Gasteiger partial charge in [-0.2, -0.15) is 0 Å². The first-order valence-corrected chi connectivity index (χ1v) is 12.4. The predicted molar refractivity (Wildman–Crippen MR) is 127 cm³/mol. The van der Waals surface area contributed by atoms with E-state index >= 15 is 0 Å². The molecule has 0 aliphatic carbocycles. The molecule has 3 heteroatoms. The van der Waals surface area contributed by atoms with E-state index in [0.717, 1.165) is 32.5 Å². The van der Waals surface area contributed by atoms with E-state index in [4.69, 9.17) is 10.5 Å². The summed E-state index contributed by atoms with van der Waals surface area (Å²) < 4.78 is 5.69. The van der Waals surface area contributed by atoms with Crippen LogP contribution in [0.1, 0.15) is 123 Å². The van der Waals surface area contributed by atoms with Crippen LogP contribution in [0.3, 0.4) is 0 Å². The smallest absolute Gasteiger partial charge is 0.244 e. The second-order valence-electron chi connectivity index (χ2n) is 8.30. The average molecular weight is 408 g/mol. The topological polar surface area (TPSA) is 52.3 Å². The fourth-order valence-corrected chi connectivity index (χ4v) is 3.32. The van der Waals surface area contributed by atoms with Crippen LogP contribution < -0.4 is 5.73 Å². The lowest BCUT2D eigenvalue weighted by Gasteiger charge is -2.04. The molecular formula is C26H49NO2. The first kappa shape index (κ1) is 27.9. The van der Waals surface area contributed by atoms with Gasteiger partial charge < -0.3 is 10.5 Å². The lowest BCUT2D eigenvalue weighted by atomic mass is 10.1. The number of allylic oxidation sites excluding steroid dienone is 3. The van der Waals surface area contributed by atoms with Crippen LogP contribution in [-0.4, -0.2) is 19.1 Å². The van der Waals surface area contributed by atoms with Gasteiger partial charge in [-0.15, -0.1) is 0 Å². The Morgan fingerprint density at radius 1 is 0.690 bits per heavy atom. The number of carbonyl (C=O) groups is 1. The van der Waals surface area contributed by atoms with E-state index < -0.39 is 0 Å². The van der Waals surface area contributed by atoms with Crippen molar-refractivity contribution in [1.82, 2.24) is 0 Å². The van der Waals surface area contributed by atoms with Crippen LogP contribution in [0.15, 0.2) is 23.8 Å². The first-order chi connectivity index (χ1) is 14.2. The Hall–Kier alpha value is -1.09. The van der Waals surface area contributed by atoms with Crippen LogP contribution in [0, 0.1) is 0 Å². The third kappa shape index (κ3) is 23.1. The van der Waals surface area contributed by atoms with Gasteiger partial charge >= 0.3 is 0 Å². The van der Waals surface area contributed by atoms with E-state index in [-0.39, 0.29) is 5.91 Å². The molecule has 0 rings (SSSR count). The minimum absolute atomic E-state index is 0.318. The molecule has 0 unspecified atom stereocenters. The molecule has 0 aromatic heterocycles. The highest BCUT2D eigenvalue weighted by Crippen LogP contribution is 2.10. The summed E-state index contributed by atoms with van der Waals surface area (Å²) in [5, 5.41) is 0. The fourth-order valence-electron chi connectivity index (χ4n) is 3.32. The molecule has 0 aliphatic rings. The number of rotatable bonds is 22. The second-order valence-corrected chi connectivity index (χ2v) is 8.30. The molecule has 0 atom stereocenters. The standard InChI is InChI=1S/C26H49NO2/c1-3-4-5-6-7-8-9-10-11-12-13-14-15-16-17-20-23-29-24-21-18-19-22-25(2)26(27)28/h10-11,22H,3-9,12-21,23-24H2,1-2H3,(H2,27,28)/b11-10-,25-22?. The number of ether oxygens (including phenoxy) is 1. The number of amides is 1. The minimum atomic E-state index is -0.318. The predicted octanol–water partition coefficient (Wildman–Crippen LogP) is 7.64. The van der Waals surface area contributed by atoms with Gasteiger partial charge in [-0.3, -0.25) is 4.79 Å². The molecular weight excluding hydrogens is 358 g/mol. The largest absolute Gasteiger partial charge is 0.381 e. The molecule has 29 heavy (non-hydrogen) atoms. The van der Waals surface area contributed by atoms with Crippen LogP contribution in [0.2, 0.25) is 0 Å². The molecule has 0 aromatic carbocycles. The van der Waals surface area contributed by atoms with Gasteiger partial charge in [-0.05, 0) is 58.3 Å². The van der Waals surface area contributed by atoms with Crippen LogP contribution in [0.25, 0.3) is 0 Å². The number of nitrogens with two attached hydrogens (primary N) is 1. The van der Waals surface area contributed by atoms with Crippen molar-refractivity contribution in [1.29, 1.82) is 0 Å². The van der Waals surface area contributed by atoms with E-state index in [0.29, 0.717) is 5.57 Å². The van der Waals surface area contributed by atoms with E-state index in [1.807, 2.05) is 6.08 Å². The highest BCUT2D eigenvalue weighted by Gasteiger charge is 1.96. The normalized spacial score (nSPS) is 12.1. The molecule has 0 saturated carbocycles. The summed E-state index contributed by atoms with van der Waals surface area (Å²) in [5.74, 6) is -0.318. The van der Waals surface area contributed by atoms with Gasteiger partial charge in [0.1, 0.15) is 0 Å². The summed E-state index contributed by atoms with van der Waals surface area (Å²) in [4.78, 5) is 10.9. The Bertz CT molecular complexity index is 415. The Labute approximate surface area is 181 Å². The summed E-state index contributed by atoms with van der Waals surface area (Å²) in [6.07, 6.45) is 28.5. The van der Waals surface area contributed by atoms with Crippen LogP contribution in [-0.2, 0) is 9.53 Å². The summed E-state index contributed by atoms with van der Waals surface area (Å²) in [7, 11) is 0. The number of carbonyl (C=O) groups excluding carboxylic acids is 1. The van der Waals surface area contributed by atoms with Crippen molar-refractivity contribution < 1.29 is 9.53 Å². The molecule has 2 N–H and O–H groups in total. The SMILES string of the molecule is CCCCCCCC/C=C\CCCCCCCCOCCCCC=C(C)C(N)=O. The minimum Gasteiger partial charge on any atom is -0.381 e. The van der Waals surface area contributed by atoms with Crippen molar-refractivity contribution >= 4 is 5.91 Å². The zero-order valence-corrected chi connectivity index (χ0v) is 19.6. The zero-order valence-electron chi connectivity index (χ0n) is 19.6. The molecule has 0 bridgehead atoms. The molecule has 170 valence electrons. The maximum Gasteiger partial charge on any atom is 0.244 e. The van der Waals surface area contributed by atoms with Gasteiger partial charge in [-0.1, -0.05) is 82.9 Å². The van der Waals surface area contributed by atoms with E-state index in [1.165, 1.54) is 89.9 Å². The average Bonchev–Trinajstić information content (AvgIpc) is 2.71. The maximum atomic E-state index is 10.9. The fraction of sp³-hybridized carbons (Fsp3) is 0.808. The molecule has 0 saturated heterocycles. The number of hydrogen-bond acceptors (Lipinski definition) is 2. The number of hydrogen-bond donors (Lipinski definition) is 1. The maximum absolute atomic E-state index is 10.9. The molecule has 3 nitrogen and oxygen atoms in total. The van der Waals surface area contributed by atoms with Crippen molar-refractivity contribution in [3.63, 3.8) is 0 Å². The quantitative estimate of drug-likeness (QED) is 0.114. The monoisotopic (exact) mass is 407 g/mol. The van der Waals surface area contributed by atoms with Gasteiger partial charge in [-0.25, -0.2) is 0 Å². The van der Waals surface area contributed by atoms with Crippen molar-refractivity contribution in [2.24, 2.45) is 5.73 Å². The number of unbranched alkanes of at least 4 members (excludes halogenated alkanes) is 14. The zero-order chi connectivity index (χ0) is 21.4. The van der Waals surface area contributed by atoms with E-state index in [1.54, 1.807) is 6.92 Å². The summed E-state index contributed by atoms with van der Waals surface area (Å²) in [6.45, 7) is 5.76. The Morgan fingerprint density at radius 3 is 1.69 bits per heavy atom. The Kier molecular flexibility index (Phi) is 22.3. The van der Waals surface area contributed by atoms with Crippen LogP contribution >= 0.6 is 0 Å². The Balaban J connectivity index is 3.16. The van der Waals surface area contributed by atoms with Gasteiger partial charge in [0.05, 0.1) is 0 Å². The van der Waals surface area contributed by atoms with Gasteiger partial charge in [0.15, 0.2) is 0 Å². The van der Waals surface area contributed by atoms with E-state index in [9.17, 15) is 4.79 Å². The van der Waals surface area contributed by atoms with Gasteiger partial charge in [0.2, 0.25) is 5.91 Å². The van der Waals surface area contributed by atoms with Crippen LogP contribution in [0.5, 0.6) is 0 Å². The Morgan fingerprint density at radius 2 is 1.14 bits per heavy atom. The first-order valence-electron chi connectivity index (χ1n) is 12.4. The molecule has 0 fully saturated rings. The molecule has 0 radical (unpaired) electrons. The van der Waals surface area contributed by atoms with Crippen molar-refractivity contribution in [3.8, 4) is 0 Å². The summed E-state index contributed by atoms with van der Waals surface area (Å²) in [5.41, 5.74) is 5.86. The highest BCUT2D eigenvalue weighted by molar-refractivity contribution is 5.91. The number of primary amides is 1. The molecule has 0 heterocycles. The molecule has 0 spiro atoms.